The molecule has 0 bridgehead atoms. The number of carbonyl (C=O) groups is 1. The van der Waals surface area contributed by atoms with Crippen LogP contribution in [0.5, 0.6) is 0 Å². The Hall–Kier alpha value is -1.49. The van der Waals surface area contributed by atoms with Gasteiger partial charge in [-0.25, -0.2) is 8.78 Å². The third-order valence-corrected chi connectivity index (χ3v) is 2.49. The highest BCUT2D eigenvalue weighted by Crippen LogP contribution is 2.09. The van der Waals surface area contributed by atoms with Gasteiger partial charge in [0.15, 0.2) is 0 Å². The average molecular weight is 270 g/mol. The zero-order chi connectivity index (χ0) is 14.5. The highest BCUT2D eigenvalue weighted by atomic mass is 19.1. The van der Waals surface area contributed by atoms with Crippen LogP contribution in [0, 0.1) is 11.6 Å². The van der Waals surface area contributed by atoms with Crippen molar-refractivity contribution in [1.82, 2.24) is 10.6 Å². The Kier molecular flexibility index (Phi) is 5.42. The van der Waals surface area contributed by atoms with E-state index in [0.29, 0.717) is 13.0 Å². The quantitative estimate of drug-likeness (QED) is 0.862. The van der Waals surface area contributed by atoms with Crippen molar-refractivity contribution in [2.45, 2.75) is 39.3 Å². The standard InChI is InChI=1S/C14H20F2N2O/c1-14(2,3)18-7-6-13(19)17-9-10-8-11(15)4-5-12(10)16/h4-5,8,18H,6-7,9H2,1-3H3,(H,17,19). The Morgan fingerprint density at radius 1 is 1.26 bits per heavy atom. The summed E-state index contributed by atoms with van der Waals surface area (Å²) in [4.78, 5) is 11.5. The maximum Gasteiger partial charge on any atom is 0.221 e. The van der Waals surface area contributed by atoms with Gasteiger partial charge in [0.2, 0.25) is 5.91 Å². The first-order valence-electron chi connectivity index (χ1n) is 6.23. The van der Waals surface area contributed by atoms with Crippen LogP contribution in [0.15, 0.2) is 18.2 Å². The fraction of sp³-hybridized carbons (Fsp3) is 0.500. The normalized spacial score (nSPS) is 11.4. The molecule has 0 fully saturated rings. The number of hydrogen-bond acceptors (Lipinski definition) is 2. The summed E-state index contributed by atoms with van der Waals surface area (Å²) in [5.74, 6) is -1.23. The minimum Gasteiger partial charge on any atom is -0.352 e. The van der Waals surface area contributed by atoms with Crippen LogP contribution in [0.1, 0.15) is 32.8 Å². The number of halogens is 2. The van der Waals surface area contributed by atoms with E-state index in [-0.39, 0.29) is 23.6 Å². The molecule has 3 nitrogen and oxygen atoms in total. The van der Waals surface area contributed by atoms with Crippen molar-refractivity contribution >= 4 is 5.91 Å². The SMILES string of the molecule is CC(C)(C)NCCC(=O)NCc1cc(F)ccc1F. The second kappa shape index (κ2) is 6.61. The molecule has 0 heterocycles. The molecule has 1 rings (SSSR count). The van der Waals surface area contributed by atoms with E-state index in [4.69, 9.17) is 0 Å². The second-order valence-corrected chi connectivity index (χ2v) is 5.44. The van der Waals surface area contributed by atoms with Crippen LogP contribution >= 0.6 is 0 Å². The van der Waals surface area contributed by atoms with Gasteiger partial charge in [-0.15, -0.1) is 0 Å². The van der Waals surface area contributed by atoms with Gasteiger partial charge < -0.3 is 10.6 Å². The lowest BCUT2D eigenvalue weighted by Gasteiger charge is -2.20. The lowest BCUT2D eigenvalue weighted by atomic mass is 10.1. The minimum absolute atomic E-state index is 0.00204. The Morgan fingerprint density at radius 2 is 1.95 bits per heavy atom. The van der Waals surface area contributed by atoms with E-state index in [0.717, 1.165) is 18.2 Å². The molecule has 2 N–H and O–H groups in total. The molecular weight excluding hydrogens is 250 g/mol. The van der Waals surface area contributed by atoms with E-state index in [1.165, 1.54) is 0 Å². The molecule has 0 aliphatic rings. The Bertz CT molecular complexity index is 442. The first-order chi connectivity index (χ1) is 8.78. The molecular formula is C14H20F2N2O. The Morgan fingerprint density at radius 3 is 2.58 bits per heavy atom. The van der Waals surface area contributed by atoms with Gasteiger partial charge in [-0.3, -0.25) is 4.79 Å². The lowest BCUT2D eigenvalue weighted by molar-refractivity contribution is -0.121. The predicted octanol–water partition coefficient (Wildman–Crippen LogP) is 2.36. The number of hydrogen-bond donors (Lipinski definition) is 2. The summed E-state index contributed by atoms with van der Waals surface area (Å²) in [5.41, 5.74) is 0.103. The fourth-order valence-corrected chi connectivity index (χ4v) is 1.51. The van der Waals surface area contributed by atoms with Gasteiger partial charge in [0.1, 0.15) is 11.6 Å². The van der Waals surface area contributed by atoms with Crippen LogP contribution in [0.4, 0.5) is 8.78 Å². The van der Waals surface area contributed by atoms with Gasteiger partial charge >= 0.3 is 0 Å². The van der Waals surface area contributed by atoms with Crippen LogP contribution in [-0.4, -0.2) is 18.0 Å². The van der Waals surface area contributed by atoms with Gasteiger partial charge in [0.25, 0.3) is 0 Å². The monoisotopic (exact) mass is 270 g/mol. The van der Waals surface area contributed by atoms with Gasteiger partial charge in [-0.1, -0.05) is 0 Å². The summed E-state index contributed by atoms with van der Waals surface area (Å²) < 4.78 is 26.2. The molecule has 0 unspecified atom stereocenters. The first kappa shape index (κ1) is 15.6. The summed E-state index contributed by atoms with van der Waals surface area (Å²) in [6, 6.07) is 3.19. The third kappa shape index (κ3) is 6.29. The molecule has 0 saturated carbocycles. The smallest absolute Gasteiger partial charge is 0.221 e. The van der Waals surface area contributed by atoms with Crippen molar-refractivity contribution in [3.63, 3.8) is 0 Å². The number of benzene rings is 1. The molecule has 0 aromatic heterocycles. The van der Waals surface area contributed by atoms with Crippen LogP contribution in [-0.2, 0) is 11.3 Å². The fourth-order valence-electron chi connectivity index (χ4n) is 1.51. The van der Waals surface area contributed by atoms with Crippen LogP contribution in [0.3, 0.4) is 0 Å². The molecule has 0 aliphatic heterocycles. The number of carbonyl (C=O) groups excluding carboxylic acids is 1. The molecule has 1 aromatic rings. The number of amides is 1. The molecule has 5 heteroatoms. The number of rotatable bonds is 5. The van der Waals surface area contributed by atoms with E-state index in [9.17, 15) is 13.6 Å². The van der Waals surface area contributed by atoms with E-state index >= 15 is 0 Å². The van der Waals surface area contributed by atoms with Crippen molar-refractivity contribution in [3.8, 4) is 0 Å². The van der Waals surface area contributed by atoms with Crippen molar-refractivity contribution in [2.75, 3.05) is 6.54 Å². The molecule has 0 atom stereocenters. The van der Waals surface area contributed by atoms with Gasteiger partial charge in [-0.2, -0.15) is 0 Å². The average Bonchev–Trinajstić information content (AvgIpc) is 2.28. The molecule has 0 radical (unpaired) electrons. The molecule has 0 aliphatic carbocycles. The van der Waals surface area contributed by atoms with E-state index < -0.39 is 11.6 Å². The van der Waals surface area contributed by atoms with Crippen molar-refractivity contribution in [3.05, 3.63) is 35.4 Å². The maximum atomic E-state index is 13.3. The lowest BCUT2D eigenvalue weighted by Crippen LogP contribution is -2.38. The molecule has 0 spiro atoms. The van der Waals surface area contributed by atoms with Crippen LogP contribution in [0.2, 0.25) is 0 Å². The molecule has 1 amide bonds. The topological polar surface area (TPSA) is 41.1 Å². The summed E-state index contributed by atoms with van der Waals surface area (Å²) >= 11 is 0. The largest absolute Gasteiger partial charge is 0.352 e. The second-order valence-electron chi connectivity index (χ2n) is 5.44. The summed E-state index contributed by atoms with van der Waals surface area (Å²) in [7, 11) is 0. The molecule has 106 valence electrons. The molecule has 0 saturated heterocycles. The predicted molar refractivity (Wildman–Crippen MR) is 70.6 cm³/mol. The highest BCUT2D eigenvalue weighted by Gasteiger charge is 2.10. The number of nitrogens with one attached hydrogen (secondary N) is 2. The summed E-state index contributed by atoms with van der Waals surface area (Å²) in [5, 5.41) is 5.74. The van der Waals surface area contributed by atoms with Gasteiger partial charge in [0.05, 0.1) is 0 Å². The van der Waals surface area contributed by atoms with Crippen molar-refractivity contribution < 1.29 is 13.6 Å². The van der Waals surface area contributed by atoms with E-state index in [2.05, 4.69) is 10.6 Å². The zero-order valence-electron chi connectivity index (χ0n) is 11.5. The van der Waals surface area contributed by atoms with E-state index in [1.807, 2.05) is 20.8 Å². The Balaban J connectivity index is 2.36. The van der Waals surface area contributed by atoms with Gasteiger partial charge in [-0.05, 0) is 39.0 Å². The molecule has 19 heavy (non-hydrogen) atoms. The molecule has 1 aromatic carbocycles. The zero-order valence-corrected chi connectivity index (χ0v) is 11.5. The third-order valence-electron chi connectivity index (χ3n) is 2.49. The van der Waals surface area contributed by atoms with Gasteiger partial charge in [0, 0.05) is 30.6 Å². The van der Waals surface area contributed by atoms with Crippen LogP contribution < -0.4 is 10.6 Å². The summed E-state index contributed by atoms with van der Waals surface area (Å²) in [6.45, 7) is 6.56. The summed E-state index contributed by atoms with van der Waals surface area (Å²) in [6.07, 6.45) is 0.300. The minimum atomic E-state index is -0.519. The first-order valence-corrected chi connectivity index (χ1v) is 6.23. The Labute approximate surface area is 112 Å². The van der Waals surface area contributed by atoms with Crippen LogP contribution in [0.25, 0.3) is 0 Å². The van der Waals surface area contributed by atoms with Crippen molar-refractivity contribution in [1.29, 1.82) is 0 Å². The van der Waals surface area contributed by atoms with Crippen molar-refractivity contribution in [2.24, 2.45) is 0 Å². The van der Waals surface area contributed by atoms with E-state index in [1.54, 1.807) is 0 Å². The highest BCUT2D eigenvalue weighted by molar-refractivity contribution is 5.76. The maximum absolute atomic E-state index is 13.3.